The Balaban J connectivity index is 1.79. The van der Waals surface area contributed by atoms with Gasteiger partial charge in [-0.1, -0.05) is 26.0 Å². The SMILES string of the molecule is CC1(C)CC(=O)C2=C(C1)NC(c1ccc([N+](=O)[O-])cc1)=CC2c1ccc([N+](=O)[O-])cc1. The van der Waals surface area contributed by atoms with Crippen LogP contribution < -0.4 is 5.32 Å². The van der Waals surface area contributed by atoms with Crippen LogP contribution in [0, 0.1) is 25.6 Å². The maximum absolute atomic E-state index is 13.1. The molecule has 0 fully saturated rings. The quantitative estimate of drug-likeness (QED) is 0.558. The van der Waals surface area contributed by atoms with E-state index < -0.39 is 9.85 Å². The number of nitrogens with one attached hydrogen (secondary N) is 1. The van der Waals surface area contributed by atoms with E-state index in [4.69, 9.17) is 0 Å². The number of carbonyl (C=O) groups excluding carboxylic acids is 1. The van der Waals surface area contributed by atoms with Crippen molar-refractivity contribution < 1.29 is 14.6 Å². The van der Waals surface area contributed by atoms with Gasteiger partial charge in [0, 0.05) is 53.6 Å². The molecule has 8 nitrogen and oxygen atoms in total. The highest BCUT2D eigenvalue weighted by Crippen LogP contribution is 2.45. The molecule has 158 valence electrons. The highest BCUT2D eigenvalue weighted by molar-refractivity contribution is 6.00. The third kappa shape index (κ3) is 3.96. The van der Waals surface area contributed by atoms with Crippen molar-refractivity contribution in [3.05, 3.63) is 97.2 Å². The molecule has 2 aromatic carbocycles. The molecular formula is C23H21N3O5. The summed E-state index contributed by atoms with van der Waals surface area (Å²) in [6, 6.07) is 12.5. The van der Waals surface area contributed by atoms with Crippen LogP contribution in [0.25, 0.3) is 5.70 Å². The normalized spacial score (nSPS) is 19.9. The lowest BCUT2D eigenvalue weighted by atomic mass is 9.70. The average Bonchev–Trinajstić information content (AvgIpc) is 2.72. The molecule has 1 atom stereocenters. The van der Waals surface area contributed by atoms with E-state index in [0.717, 1.165) is 22.5 Å². The first kappa shape index (κ1) is 20.5. The number of benzene rings is 2. The number of dihydropyridines is 1. The van der Waals surface area contributed by atoms with Gasteiger partial charge in [0.15, 0.2) is 5.78 Å². The van der Waals surface area contributed by atoms with E-state index in [2.05, 4.69) is 5.32 Å². The summed E-state index contributed by atoms with van der Waals surface area (Å²) in [6.07, 6.45) is 3.02. The second-order valence-corrected chi connectivity index (χ2v) is 8.67. The summed E-state index contributed by atoms with van der Waals surface area (Å²) in [4.78, 5) is 34.2. The van der Waals surface area contributed by atoms with Crippen molar-refractivity contribution in [1.29, 1.82) is 0 Å². The van der Waals surface area contributed by atoms with Gasteiger partial charge in [0.25, 0.3) is 11.4 Å². The van der Waals surface area contributed by atoms with E-state index in [-0.39, 0.29) is 28.5 Å². The summed E-state index contributed by atoms with van der Waals surface area (Å²) in [5, 5.41) is 25.4. The Hall–Kier alpha value is -3.81. The van der Waals surface area contributed by atoms with Crippen LogP contribution in [0.2, 0.25) is 0 Å². The molecule has 2 aromatic rings. The summed E-state index contributed by atoms with van der Waals surface area (Å²) in [6.45, 7) is 4.09. The van der Waals surface area contributed by atoms with E-state index in [0.29, 0.717) is 18.4 Å². The molecule has 0 bridgehead atoms. The first-order valence-corrected chi connectivity index (χ1v) is 9.89. The van der Waals surface area contributed by atoms with Crippen molar-refractivity contribution in [2.24, 2.45) is 5.41 Å². The van der Waals surface area contributed by atoms with Crippen LogP contribution in [0.15, 0.2) is 65.9 Å². The molecule has 1 aliphatic heterocycles. The van der Waals surface area contributed by atoms with Gasteiger partial charge in [-0.3, -0.25) is 25.0 Å². The topological polar surface area (TPSA) is 115 Å². The van der Waals surface area contributed by atoms with Crippen molar-refractivity contribution >= 4 is 22.9 Å². The van der Waals surface area contributed by atoms with Crippen LogP contribution in [0.3, 0.4) is 0 Å². The number of carbonyl (C=O) groups is 1. The van der Waals surface area contributed by atoms with E-state index >= 15 is 0 Å². The molecule has 0 saturated heterocycles. The Morgan fingerprint density at radius 2 is 1.45 bits per heavy atom. The highest BCUT2D eigenvalue weighted by atomic mass is 16.6. The largest absolute Gasteiger partial charge is 0.358 e. The van der Waals surface area contributed by atoms with E-state index in [1.54, 1.807) is 24.3 Å². The number of Topliss-reactive ketones (excluding diaryl/α,β-unsaturated/α-hetero) is 1. The van der Waals surface area contributed by atoms with Gasteiger partial charge in [0.1, 0.15) is 0 Å². The van der Waals surface area contributed by atoms with Crippen LogP contribution >= 0.6 is 0 Å². The predicted molar refractivity (Wildman–Crippen MR) is 115 cm³/mol. The highest BCUT2D eigenvalue weighted by Gasteiger charge is 2.38. The number of nitro groups is 2. The molecule has 0 saturated carbocycles. The Bertz CT molecular complexity index is 1140. The number of allylic oxidation sites excluding steroid dienone is 3. The maximum Gasteiger partial charge on any atom is 0.269 e. The summed E-state index contributed by atoms with van der Waals surface area (Å²) >= 11 is 0. The molecule has 1 aliphatic carbocycles. The molecule has 0 amide bonds. The zero-order valence-electron chi connectivity index (χ0n) is 17.1. The number of rotatable bonds is 4. The third-order valence-electron chi connectivity index (χ3n) is 5.70. The Labute approximate surface area is 178 Å². The third-order valence-corrected chi connectivity index (χ3v) is 5.70. The molecule has 8 heteroatoms. The van der Waals surface area contributed by atoms with Crippen LogP contribution in [0.4, 0.5) is 11.4 Å². The van der Waals surface area contributed by atoms with Gasteiger partial charge in [-0.15, -0.1) is 0 Å². The first-order valence-electron chi connectivity index (χ1n) is 9.89. The molecule has 31 heavy (non-hydrogen) atoms. The van der Waals surface area contributed by atoms with Crippen molar-refractivity contribution in [1.82, 2.24) is 5.32 Å². The number of non-ortho nitro benzene ring substituents is 2. The van der Waals surface area contributed by atoms with Crippen molar-refractivity contribution in [2.75, 3.05) is 0 Å². The van der Waals surface area contributed by atoms with Crippen molar-refractivity contribution in [3.63, 3.8) is 0 Å². The fourth-order valence-corrected chi connectivity index (χ4v) is 4.26. The second-order valence-electron chi connectivity index (χ2n) is 8.67. The van der Waals surface area contributed by atoms with Crippen molar-refractivity contribution in [2.45, 2.75) is 32.6 Å². The smallest absolute Gasteiger partial charge is 0.269 e. The standard InChI is InChI=1S/C23H21N3O5/c1-23(2)12-20-22(21(27)13-23)18(14-3-7-16(8-4-14)25(28)29)11-19(24-20)15-5-9-17(10-6-15)26(30)31/h3-11,18,24H,12-13H2,1-2H3. The number of hydrogen-bond donors (Lipinski definition) is 1. The lowest BCUT2D eigenvalue weighted by molar-refractivity contribution is -0.385. The molecule has 1 N–H and O–H groups in total. The number of ketones is 1. The van der Waals surface area contributed by atoms with Gasteiger partial charge < -0.3 is 5.32 Å². The zero-order valence-corrected chi connectivity index (χ0v) is 17.1. The fraction of sp³-hybridized carbons (Fsp3) is 0.261. The van der Waals surface area contributed by atoms with Crippen LogP contribution in [-0.4, -0.2) is 15.6 Å². The van der Waals surface area contributed by atoms with Crippen LogP contribution in [0.5, 0.6) is 0 Å². The van der Waals surface area contributed by atoms with Gasteiger partial charge >= 0.3 is 0 Å². The van der Waals surface area contributed by atoms with Gasteiger partial charge in [-0.05, 0) is 41.2 Å². The van der Waals surface area contributed by atoms with Gasteiger partial charge in [-0.25, -0.2) is 0 Å². The Kier molecular flexibility index (Phi) is 4.93. The molecule has 0 radical (unpaired) electrons. The number of nitro benzene ring substituents is 2. The average molecular weight is 419 g/mol. The molecule has 1 unspecified atom stereocenters. The minimum absolute atomic E-state index is 0.000889. The molecule has 4 rings (SSSR count). The molecular weight excluding hydrogens is 398 g/mol. The lowest BCUT2D eigenvalue weighted by Crippen LogP contribution is -2.35. The zero-order chi connectivity index (χ0) is 22.3. The molecule has 0 spiro atoms. The van der Waals surface area contributed by atoms with Gasteiger partial charge in [0.2, 0.25) is 0 Å². The van der Waals surface area contributed by atoms with Crippen LogP contribution in [-0.2, 0) is 4.79 Å². The number of hydrogen-bond acceptors (Lipinski definition) is 6. The predicted octanol–water partition coefficient (Wildman–Crippen LogP) is 4.87. The van der Waals surface area contributed by atoms with E-state index in [1.807, 2.05) is 19.9 Å². The Morgan fingerprint density at radius 3 is 2.00 bits per heavy atom. The minimum atomic E-state index is -0.455. The van der Waals surface area contributed by atoms with Crippen LogP contribution in [0.1, 0.15) is 43.7 Å². The summed E-state index contributed by atoms with van der Waals surface area (Å²) in [5.41, 5.74) is 3.61. The Morgan fingerprint density at radius 1 is 0.903 bits per heavy atom. The monoisotopic (exact) mass is 419 g/mol. The summed E-state index contributed by atoms with van der Waals surface area (Å²) in [7, 11) is 0. The summed E-state index contributed by atoms with van der Waals surface area (Å²) < 4.78 is 0. The first-order chi connectivity index (χ1) is 14.6. The van der Waals surface area contributed by atoms with E-state index in [9.17, 15) is 25.0 Å². The van der Waals surface area contributed by atoms with Gasteiger partial charge in [0.05, 0.1) is 9.85 Å². The number of nitrogens with zero attached hydrogens (tertiary/aromatic N) is 2. The lowest BCUT2D eigenvalue weighted by Gasteiger charge is -2.38. The summed E-state index contributed by atoms with van der Waals surface area (Å²) in [5.74, 6) is -0.299. The fourth-order valence-electron chi connectivity index (χ4n) is 4.26. The molecule has 1 heterocycles. The minimum Gasteiger partial charge on any atom is -0.358 e. The van der Waals surface area contributed by atoms with Crippen molar-refractivity contribution in [3.8, 4) is 0 Å². The molecule has 0 aromatic heterocycles. The molecule has 2 aliphatic rings. The van der Waals surface area contributed by atoms with Gasteiger partial charge in [-0.2, -0.15) is 0 Å². The second kappa shape index (κ2) is 7.46. The maximum atomic E-state index is 13.1. The van der Waals surface area contributed by atoms with E-state index in [1.165, 1.54) is 24.3 Å².